The number of aromatic nitrogens is 4. The van der Waals surface area contributed by atoms with Crippen molar-refractivity contribution in [1.29, 1.82) is 0 Å². The highest BCUT2D eigenvalue weighted by molar-refractivity contribution is 5.75. The van der Waals surface area contributed by atoms with Crippen LogP contribution >= 0.6 is 0 Å². The van der Waals surface area contributed by atoms with Crippen LogP contribution in [0.25, 0.3) is 11.0 Å². The van der Waals surface area contributed by atoms with Crippen LogP contribution in [0.2, 0.25) is 0 Å². The van der Waals surface area contributed by atoms with E-state index in [0.717, 1.165) is 43.1 Å². The summed E-state index contributed by atoms with van der Waals surface area (Å²) in [5.41, 5.74) is 9.10. The predicted octanol–water partition coefficient (Wildman–Crippen LogP) is 3.16. The molecule has 130 valence electrons. The number of rotatable bonds is 4. The molecule has 25 heavy (non-hydrogen) atoms. The minimum atomic E-state index is 0.282. The van der Waals surface area contributed by atoms with Crippen molar-refractivity contribution in [1.82, 2.24) is 24.4 Å². The van der Waals surface area contributed by atoms with E-state index in [0.29, 0.717) is 5.95 Å². The molecule has 1 atom stereocenters. The molecule has 0 saturated carbocycles. The molecule has 6 nitrogen and oxygen atoms in total. The van der Waals surface area contributed by atoms with Gasteiger partial charge >= 0.3 is 0 Å². The van der Waals surface area contributed by atoms with Gasteiger partial charge in [0.05, 0.1) is 29.3 Å². The molecule has 3 aromatic rings. The smallest absolute Gasteiger partial charge is 0.220 e. The Bertz CT molecular complexity index is 871. The van der Waals surface area contributed by atoms with E-state index in [-0.39, 0.29) is 6.04 Å². The van der Waals surface area contributed by atoms with E-state index in [2.05, 4.69) is 44.6 Å². The summed E-state index contributed by atoms with van der Waals surface area (Å²) in [4.78, 5) is 15.9. The van der Waals surface area contributed by atoms with E-state index >= 15 is 0 Å². The molecule has 0 spiro atoms. The quantitative estimate of drug-likeness (QED) is 0.792. The minimum absolute atomic E-state index is 0.282. The fourth-order valence-corrected chi connectivity index (χ4v) is 3.87. The van der Waals surface area contributed by atoms with Crippen molar-refractivity contribution in [2.45, 2.75) is 45.3 Å². The van der Waals surface area contributed by atoms with E-state index in [1.54, 1.807) is 6.20 Å². The van der Waals surface area contributed by atoms with Crippen LogP contribution in [0.15, 0.2) is 36.5 Å². The maximum Gasteiger partial charge on any atom is 0.220 e. The molecule has 1 aliphatic heterocycles. The first kappa shape index (κ1) is 16.0. The Balaban J connectivity index is 1.66. The molecule has 1 saturated heterocycles. The van der Waals surface area contributed by atoms with Crippen molar-refractivity contribution in [3.8, 4) is 0 Å². The fourth-order valence-electron chi connectivity index (χ4n) is 3.87. The summed E-state index contributed by atoms with van der Waals surface area (Å²) in [6, 6.07) is 10.6. The Hall–Kier alpha value is -2.47. The number of hydrogen-bond donors (Lipinski definition) is 1. The third kappa shape index (κ3) is 3.09. The number of likely N-dealkylation sites (tertiary alicyclic amines) is 1. The fraction of sp³-hybridized carbons (Fsp3) is 0.421. The van der Waals surface area contributed by atoms with Gasteiger partial charge in [-0.25, -0.2) is 15.0 Å². The zero-order chi connectivity index (χ0) is 17.2. The first-order valence-corrected chi connectivity index (χ1v) is 9.03. The summed E-state index contributed by atoms with van der Waals surface area (Å²) in [5, 5.41) is 0. The van der Waals surface area contributed by atoms with Crippen LogP contribution in [0.1, 0.15) is 43.7 Å². The minimum Gasteiger partial charge on any atom is -0.368 e. The summed E-state index contributed by atoms with van der Waals surface area (Å²) >= 11 is 0. The number of benzene rings is 1. The number of fused-ring (bicyclic) bond motifs is 1. The Morgan fingerprint density at radius 1 is 1.16 bits per heavy atom. The van der Waals surface area contributed by atoms with Gasteiger partial charge in [-0.3, -0.25) is 4.90 Å². The molecule has 2 N–H and O–H groups in total. The molecular weight excluding hydrogens is 312 g/mol. The maximum absolute atomic E-state index is 5.80. The van der Waals surface area contributed by atoms with Crippen LogP contribution in [0, 0.1) is 0 Å². The molecule has 6 heteroatoms. The van der Waals surface area contributed by atoms with Crippen molar-refractivity contribution in [3.63, 3.8) is 0 Å². The monoisotopic (exact) mass is 336 g/mol. The Morgan fingerprint density at radius 2 is 2.04 bits per heavy atom. The molecule has 0 unspecified atom stereocenters. The molecule has 1 aromatic carbocycles. The van der Waals surface area contributed by atoms with Gasteiger partial charge < -0.3 is 10.3 Å². The SMILES string of the molecule is CCn1c(CN2CCCC[C@@H]2c2ccnc(N)n2)nc2ccccc21. The number of hydrogen-bond acceptors (Lipinski definition) is 5. The highest BCUT2D eigenvalue weighted by Gasteiger charge is 2.27. The van der Waals surface area contributed by atoms with Gasteiger partial charge in [-0.2, -0.15) is 0 Å². The summed E-state index contributed by atoms with van der Waals surface area (Å²) in [7, 11) is 0. The molecule has 3 heterocycles. The average molecular weight is 336 g/mol. The van der Waals surface area contributed by atoms with Gasteiger partial charge in [-0.15, -0.1) is 0 Å². The summed E-state index contributed by atoms with van der Waals surface area (Å²) in [6.45, 7) is 4.99. The van der Waals surface area contributed by atoms with E-state index in [4.69, 9.17) is 10.7 Å². The van der Waals surface area contributed by atoms with Crippen molar-refractivity contribution >= 4 is 17.0 Å². The van der Waals surface area contributed by atoms with Crippen LogP contribution in [0.5, 0.6) is 0 Å². The van der Waals surface area contributed by atoms with E-state index in [1.807, 2.05) is 12.1 Å². The lowest BCUT2D eigenvalue weighted by Gasteiger charge is -2.35. The number of nitrogen functional groups attached to an aromatic ring is 1. The van der Waals surface area contributed by atoms with Crippen LogP contribution in [-0.2, 0) is 13.1 Å². The molecular formula is C19H24N6. The number of piperidine rings is 1. The predicted molar refractivity (Wildman–Crippen MR) is 98.9 cm³/mol. The Morgan fingerprint density at radius 3 is 2.88 bits per heavy atom. The molecule has 0 aliphatic carbocycles. The van der Waals surface area contributed by atoms with Crippen LogP contribution in [0.4, 0.5) is 5.95 Å². The summed E-state index contributed by atoms with van der Waals surface area (Å²) in [6.07, 6.45) is 5.28. The van der Waals surface area contributed by atoms with Crippen molar-refractivity contribution < 1.29 is 0 Å². The number of aryl methyl sites for hydroxylation is 1. The van der Waals surface area contributed by atoms with Gasteiger partial charge in [-0.1, -0.05) is 18.6 Å². The number of imidazole rings is 1. The standard InChI is InChI=1S/C19H24N6/c1-2-25-17-9-4-3-7-14(17)22-18(25)13-24-12-6-5-8-16(24)15-10-11-21-19(20)23-15/h3-4,7,9-11,16H,2,5-6,8,12-13H2,1H3,(H2,20,21,23)/t16-/m1/s1. The summed E-state index contributed by atoms with van der Waals surface area (Å²) < 4.78 is 2.31. The molecule has 0 radical (unpaired) electrons. The second-order valence-electron chi connectivity index (χ2n) is 6.58. The molecule has 0 bridgehead atoms. The first-order valence-electron chi connectivity index (χ1n) is 9.03. The Labute approximate surface area is 147 Å². The van der Waals surface area contributed by atoms with Gasteiger partial charge in [0.15, 0.2) is 0 Å². The third-order valence-corrected chi connectivity index (χ3v) is 5.05. The molecule has 1 aliphatic rings. The molecule has 0 amide bonds. The molecule has 2 aromatic heterocycles. The number of nitrogens with zero attached hydrogens (tertiary/aromatic N) is 5. The maximum atomic E-state index is 5.80. The van der Waals surface area contributed by atoms with Gasteiger partial charge in [0.2, 0.25) is 5.95 Å². The molecule has 1 fully saturated rings. The van der Waals surface area contributed by atoms with Crippen molar-refractivity contribution in [3.05, 3.63) is 48.0 Å². The lowest BCUT2D eigenvalue weighted by atomic mass is 9.99. The number of anilines is 1. The highest BCUT2D eigenvalue weighted by atomic mass is 15.2. The van der Waals surface area contributed by atoms with Crippen LogP contribution in [0.3, 0.4) is 0 Å². The van der Waals surface area contributed by atoms with Gasteiger partial charge in [-0.05, 0) is 44.5 Å². The van der Waals surface area contributed by atoms with Crippen LogP contribution in [-0.4, -0.2) is 31.0 Å². The average Bonchev–Trinajstić information content (AvgIpc) is 2.99. The molecule has 4 rings (SSSR count). The number of para-hydroxylation sites is 2. The van der Waals surface area contributed by atoms with Crippen molar-refractivity contribution in [2.24, 2.45) is 0 Å². The zero-order valence-corrected chi connectivity index (χ0v) is 14.6. The Kier molecular flexibility index (Phi) is 4.36. The third-order valence-electron chi connectivity index (χ3n) is 5.05. The largest absolute Gasteiger partial charge is 0.368 e. The lowest BCUT2D eigenvalue weighted by Crippen LogP contribution is -2.34. The van der Waals surface area contributed by atoms with Gasteiger partial charge in [0.1, 0.15) is 5.82 Å². The van der Waals surface area contributed by atoms with Gasteiger partial charge in [0.25, 0.3) is 0 Å². The summed E-state index contributed by atoms with van der Waals surface area (Å²) in [5.74, 6) is 1.47. The van der Waals surface area contributed by atoms with E-state index in [1.165, 1.54) is 18.4 Å². The van der Waals surface area contributed by atoms with Gasteiger partial charge in [0, 0.05) is 12.7 Å². The number of nitrogens with two attached hydrogens (primary N) is 1. The van der Waals surface area contributed by atoms with Crippen molar-refractivity contribution in [2.75, 3.05) is 12.3 Å². The topological polar surface area (TPSA) is 72.9 Å². The zero-order valence-electron chi connectivity index (χ0n) is 14.6. The second kappa shape index (κ2) is 6.80. The van der Waals surface area contributed by atoms with E-state index < -0.39 is 0 Å². The normalized spacial score (nSPS) is 18.7. The lowest BCUT2D eigenvalue weighted by molar-refractivity contribution is 0.132. The van der Waals surface area contributed by atoms with E-state index in [9.17, 15) is 0 Å². The van der Waals surface area contributed by atoms with Crippen LogP contribution < -0.4 is 5.73 Å². The second-order valence-corrected chi connectivity index (χ2v) is 6.58. The first-order chi connectivity index (χ1) is 12.3. The highest BCUT2D eigenvalue weighted by Crippen LogP contribution is 2.31.